The molecule has 1 heterocycles. The number of amidine groups is 1. The molecule has 1 unspecified atom stereocenters. The van der Waals surface area contributed by atoms with Crippen LogP contribution in [0, 0.1) is 0 Å². The Bertz CT molecular complexity index is 1050. The summed E-state index contributed by atoms with van der Waals surface area (Å²) in [7, 11) is 0. The van der Waals surface area contributed by atoms with Crippen LogP contribution >= 0.6 is 11.3 Å². The van der Waals surface area contributed by atoms with Crippen LogP contribution in [0.25, 0.3) is 0 Å². The summed E-state index contributed by atoms with van der Waals surface area (Å²) >= 11 is 1.61. The average Bonchev–Trinajstić information content (AvgIpc) is 3.43. The lowest BCUT2D eigenvalue weighted by molar-refractivity contribution is -0.159. The van der Waals surface area contributed by atoms with Gasteiger partial charge >= 0.3 is 11.9 Å². The average molecular weight is 438 g/mol. The standard InChI is InChI=1S/C21H21N3S.C2H2O4/c22-21(20-7-4-10-25-20)24-18-9-8-16-11-19(13-17(16)12-18)23-14-15-5-2-1-3-6-15;3-1(4)2(5)6/h1-10,12,19,23H,11,13-14H2,(H2,22,24);(H,3,4)(H,5,6). The van der Waals surface area contributed by atoms with Crippen molar-refractivity contribution in [3.63, 3.8) is 0 Å². The number of benzene rings is 2. The quantitative estimate of drug-likeness (QED) is 0.276. The first kappa shape index (κ1) is 22.2. The third-order valence-electron chi connectivity index (χ3n) is 4.77. The fourth-order valence-electron chi connectivity index (χ4n) is 3.29. The zero-order chi connectivity index (χ0) is 22.2. The molecular weight excluding hydrogens is 414 g/mol. The molecule has 0 saturated carbocycles. The fraction of sp³-hybridized carbons (Fsp3) is 0.174. The van der Waals surface area contributed by atoms with Crippen LogP contribution in [0.15, 0.2) is 71.0 Å². The second-order valence-electron chi connectivity index (χ2n) is 7.01. The van der Waals surface area contributed by atoms with Crippen molar-refractivity contribution in [2.24, 2.45) is 10.7 Å². The smallest absolute Gasteiger partial charge is 0.414 e. The summed E-state index contributed by atoms with van der Waals surface area (Å²) in [6, 6.07) is 21.5. The molecule has 2 aromatic carbocycles. The monoisotopic (exact) mass is 437 g/mol. The van der Waals surface area contributed by atoms with Gasteiger partial charge in [-0.25, -0.2) is 14.6 Å². The number of nitrogens with one attached hydrogen (secondary N) is 1. The molecule has 1 aromatic heterocycles. The van der Waals surface area contributed by atoms with Crippen LogP contribution in [0.1, 0.15) is 21.6 Å². The lowest BCUT2D eigenvalue weighted by atomic mass is 10.1. The Labute approximate surface area is 183 Å². The molecule has 31 heavy (non-hydrogen) atoms. The molecule has 1 atom stereocenters. The van der Waals surface area contributed by atoms with Gasteiger partial charge in [0, 0.05) is 12.6 Å². The highest BCUT2D eigenvalue weighted by Gasteiger charge is 2.21. The third-order valence-corrected chi connectivity index (χ3v) is 5.66. The number of carboxylic acid groups (broad SMARTS) is 2. The number of nitrogens with two attached hydrogens (primary N) is 1. The Morgan fingerprint density at radius 1 is 1.00 bits per heavy atom. The minimum Gasteiger partial charge on any atom is -0.473 e. The molecule has 0 spiro atoms. The van der Waals surface area contributed by atoms with Gasteiger partial charge in [0.2, 0.25) is 0 Å². The lowest BCUT2D eigenvalue weighted by Crippen LogP contribution is -2.28. The van der Waals surface area contributed by atoms with Gasteiger partial charge in [0.25, 0.3) is 0 Å². The van der Waals surface area contributed by atoms with E-state index in [9.17, 15) is 0 Å². The Kier molecular flexibility index (Phi) is 7.53. The van der Waals surface area contributed by atoms with E-state index in [4.69, 9.17) is 25.5 Å². The fourth-order valence-corrected chi connectivity index (χ4v) is 3.92. The number of aliphatic imine (C=N–C) groups is 1. The SMILES string of the molecule is NC(=Nc1ccc2c(c1)CC(NCc1ccccc1)C2)c1cccs1.O=C(O)C(=O)O. The van der Waals surface area contributed by atoms with Crippen LogP contribution in [-0.4, -0.2) is 34.0 Å². The number of carboxylic acids is 2. The maximum absolute atomic E-state index is 9.10. The van der Waals surface area contributed by atoms with Crippen molar-refractivity contribution in [3.8, 4) is 0 Å². The maximum Gasteiger partial charge on any atom is 0.414 e. The molecular formula is C23H23N3O4S. The molecule has 160 valence electrons. The van der Waals surface area contributed by atoms with Crippen molar-refractivity contribution in [2.75, 3.05) is 0 Å². The van der Waals surface area contributed by atoms with E-state index in [0.717, 1.165) is 30.0 Å². The largest absolute Gasteiger partial charge is 0.473 e. The summed E-state index contributed by atoms with van der Waals surface area (Å²) in [5, 5.41) is 20.5. The summed E-state index contributed by atoms with van der Waals surface area (Å²) in [6.07, 6.45) is 2.12. The first-order valence-corrected chi connectivity index (χ1v) is 10.5. The van der Waals surface area contributed by atoms with E-state index in [1.54, 1.807) is 11.3 Å². The number of nitrogens with zero attached hydrogens (tertiary/aromatic N) is 1. The van der Waals surface area contributed by atoms with Gasteiger partial charge in [-0.3, -0.25) is 0 Å². The van der Waals surface area contributed by atoms with E-state index in [1.807, 2.05) is 17.5 Å². The van der Waals surface area contributed by atoms with Crippen LogP contribution in [0.5, 0.6) is 0 Å². The highest BCUT2D eigenvalue weighted by molar-refractivity contribution is 7.12. The van der Waals surface area contributed by atoms with Gasteiger partial charge in [0.15, 0.2) is 0 Å². The highest BCUT2D eigenvalue weighted by atomic mass is 32.1. The van der Waals surface area contributed by atoms with Crippen molar-refractivity contribution in [1.29, 1.82) is 0 Å². The van der Waals surface area contributed by atoms with Crippen molar-refractivity contribution in [1.82, 2.24) is 5.32 Å². The van der Waals surface area contributed by atoms with Crippen LogP contribution in [0.3, 0.4) is 0 Å². The molecule has 0 radical (unpaired) electrons. The van der Waals surface area contributed by atoms with Gasteiger partial charge in [-0.15, -0.1) is 11.3 Å². The minimum atomic E-state index is -1.82. The number of carbonyl (C=O) groups is 2. The molecule has 0 fully saturated rings. The lowest BCUT2D eigenvalue weighted by Gasteiger charge is -2.11. The maximum atomic E-state index is 9.10. The van der Waals surface area contributed by atoms with E-state index < -0.39 is 11.9 Å². The highest BCUT2D eigenvalue weighted by Crippen LogP contribution is 2.27. The van der Waals surface area contributed by atoms with Crippen LogP contribution in [0.2, 0.25) is 0 Å². The van der Waals surface area contributed by atoms with Crippen LogP contribution in [0.4, 0.5) is 5.69 Å². The predicted molar refractivity (Wildman–Crippen MR) is 121 cm³/mol. The molecule has 1 aliphatic rings. The number of hydrogen-bond donors (Lipinski definition) is 4. The molecule has 0 aliphatic heterocycles. The van der Waals surface area contributed by atoms with Gasteiger partial charge in [0.05, 0.1) is 10.6 Å². The van der Waals surface area contributed by atoms with Crippen molar-refractivity contribution in [3.05, 3.63) is 87.6 Å². The number of rotatable bonds is 5. The summed E-state index contributed by atoms with van der Waals surface area (Å²) in [5.74, 6) is -3.06. The molecule has 7 nitrogen and oxygen atoms in total. The predicted octanol–water partition coefficient (Wildman–Crippen LogP) is 3.20. The Hall–Kier alpha value is -3.49. The van der Waals surface area contributed by atoms with Gasteiger partial charge < -0.3 is 21.3 Å². The molecule has 0 bridgehead atoms. The summed E-state index contributed by atoms with van der Waals surface area (Å²) in [5.41, 5.74) is 11.2. The Balaban J connectivity index is 0.000000401. The minimum absolute atomic E-state index is 0.490. The number of thiophene rings is 1. The van der Waals surface area contributed by atoms with E-state index in [0.29, 0.717) is 11.9 Å². The van der Waals surface area contributed by atoms with E-state index >= 15 is 0 Å². The van der Waals surface area contributed by atoms with Crippen LogP contribution < -0.4 is 11.1 Å². The van der Waals surface area contributed by atoms with Gasteiger partial charge in [0.1, 0.15) is 5.84 Å². The summed E-state index contributed by atoms with van der Waals surface area (Å²) in [4.78, 5) is 23.8. The molecule has 1 aliphatic carbocycles. The molecule has 0 amide bonds. The van der Waals surface area contributed by atoms with Gasteiger partial charge in [-0.05, 0) is 53.1 Å². The topological polar surface area (TPSA) is 125 Å². The molecule has 0 saturated heterocycles. The summed E-state index contributed by atoms with van der Waals surface area (Å²) in [6.45, 7) is 0.913. The number of aliphatic carboxylic acids is 2. The second-order valence-corrected chi connectivity index (χ2v) is 7.96. The zero-order valence-electron chi connectivity index (χ0n) is 16.7. The molecule has 4 rings (SSSR count). The van der Waals surface area contributed by atoms with E-state index in [-0.39, 0.29) is 0 Å². The normalized spacial score (nSPS) is 15.0. The van der Waals surface area contributed by atoms with Crippen molar-refractivity contribution >= 4 is 34.8 Å². The second kappa shape index (κ2) is 10.5. The molecule has 8 heteroatoms. The Morgan fingerprint density at radius 3 is 2.35 bits per heavy atom. The Morgan fingerprint density at radius 2 is 1.71 bits per heavy atom. The molecule has 3 aromatic rings. The summed E-state index contributed by atoms with van der Waals surface area (Å²) < 4.78 is 0. The first-order valence-electron chi connectivity index (χ1n) is 9.65. The van der Waals surface area contributed by atoms with E-state index in [2.05, 4.69) is 58.8 Å². The zero-order valence-corrected chi connectivity index (χ0v) is 17.5. The van der Waals surface area contributed by atoms with Gasteiger partial charge in [-0.1, -0.05) is 42.5 Å². The number of hydrogen-bond acceptors (Lipinski definition) is 5. The van der Waals surface area contributed by atoms with Crippen LogP contribution in [-0.2, 0) is 29.0 Å². The third kappa shape index (κ3) is 6.50. The number of fused-ring (bicyclic) bond motifs is 1. The molecule has 5 N–H and O–H groups in total. The van der Waals surface area contributed by atoms with Gasteiger partial charge in [-0.2, -0.15) is 0 Å². The van der Waals surface area contributed by atoms with Crippen molar-refractivity contribution in [2.45, 2.75) is 25.4 Å². The van der Waals surface area contributed by atoms with Crippen molar-refractivity contribution < 1.29 is 19.8 Å². The van der Waals surface area contributed by atoms with E-state index in [1.165, 1.54) is 16.7 Å². The first-order chi connectivity index (χ1) is 14.9.